The van der Waals surface area contributed by atoms with E-state index in [-0.39, 0.29) is 11.4 Å². The Hall–Kier alpha value is -2.63. The van der Waals surface area contributed by atoms with Gasteiger partial charge in [-0.3, -0.25) is 10.1 Å². The van der Waals surface area contributed by atoms with Crippen LogP contribution in [-0.2, 0) is 0 Å². The monoisotopic (exact) mass is 275 g/mol. The van der Waals surface area contributed by atoms with Crippen molar-refractivity contribution in [2.45, 2.75) is 6.92 Å². The van der Waals surface area contributed by atoms with Crippen molar-refractivity contribution < 1.29 is 9.31 Å². The van der Waals surface area contributed by atoms with Gasteiger partial charge in [0, 0.05) is 30.1 Å². The van der Waals surface area contributed by atoms with E-state index in [4.69, 9.17) is 0 Å². The van der Waals surface area contributed by atoms with Crippen molar-refractivity contribution in [3.05, 3.63) is 58.4 Å². The van der Waals surface area contributed by atoms with Crippen LogP contribution < -0.4 is 10.6 Å². The van der Waals surface area contributed by atoms with Crippen LogP contribution in [0.2, 0.25) is 0 Å². The second-order valence-electron chi connectivity index (χ2n) is 4.16. The molecule has 0 bridgehead atoms. The first-order valence-electron chi connectivity index (χ1n) is 6.15. The van der Waals surface area contributed by atoms with Gasteiger partial charge in [0.05, 0.1) is 10.6 Å². The minimum Gasteiger partial charge on any atom is -0.385 e. The van der Waals surface area contributed by atoms with Gasteiger partial charge >= 0.3 is 0 Å². The molecule has 0 aromatic heterocycles. The quantitative estimate of drug-likeness (QED) is 0.641. The largest absolute Gasteiger partial charge is 0.385 e. The molecule has 2 N–H and O–H groups in total. The molecule has 0 fully saturated rings. The van der Waals surface area contributed by atoms with Crippen LogP contribution in [0.4, 0.5) is 27.1 Å². The van der Waals surface area contributed by atoms with Crippen LogP contribution in [0.15, 0.2) is 42.5 Å². The highest BCUT2D eigenvalue weighted by Crippen LogP contribution is 2.27. The summed E-state index contributed by atoms with van der Waals surface area (Å²) >= 11 is 0. The average molecular weight is 275 g/mol. The van der Waals surface area contributed by atoms with E-state index in [1.165, 1.54) is 18.2 Å². The van der Waals surface area contributed by atoms with E-state index in [9.17, 15) is 14.5 Å². The zero-order chi connectivity index (χ0) is 14.5. The summed E-state index contributed by atoms with van der Waals surface area (Å²) in [4.78, 5) is 10.4. The number of anilines is 3. The third-order valence-corrected chi connectivity index (χ3v) is 2.66. The number of non-ortho nitro benzene ring substituents is 1. The molecule has 0 unspecified atom stereocenters. The maximum Gasteiger partial charge on any atom is 0.273 e. The van der Waals surface area contributed by atoms with Gasteiger partial charge in [0.15, 0.2) is 0 Å². The predicted octanol–water partition coefficient (Wildman–Crippen LogP) is 3.91. The number of hydrogen-bond acceptors (Lipinski definition) is 4. The number of para-hydroxylation sites is 1. The summed E-state index contributed by atoms with van der Waals surface area (Å²) < 4.78 is 13.6. The maximum atomic E-state index is 13.6. The van der Waals surface area contributed by atoms with Crippen molar-refractivity contribution in [2.75, 3.05) is 17.2 Å². The fourth-order valence-corrected chi connectivity index (χ4v) is 1.81. The van der Waals surface area contributed by atoms with Gasteiger partial charge in [-0.05, 0) is 25.1 Å². The zero-order valence-corrected chi connectivity index (χ0v) is 10.9. The fraction of sp³-hybridized carbons (Fsp3) is 0.143. The number of halogens is 1. The number of nitro groups is 1. The number of nitro benzene ring substituents is 1. The lowest BCUT2D eigenvalue weighted by atomic mass is 10.2. The lowest BCUT2D eigenvalue weighted by Gasteiger charge is -2.10. The third kappa shape index (κ3) is 3.23. The summed E-state index contributed by atoms with van der Waals surface area (Å²) in [6, 6.07) is 10.7. The van der Waals surface area contributed by atoms with Crippen LogP contribution >= 0.6 is 0 Å². The summed E-state index contributed by atoms with van der Waals surface area (Å²) in [5.74, 6) is -0.413. The number of hydrogen-bond donors (Lipinski definition) is 2. The molecule has 2 rings (SSSR count). The smallest absolute Gasteiger partial charge is 0.273 e. The molecule has 5 nitrogen and oxygen atoms in total. The van der Waals surface area contributed by atoms with Crippen LogP contribution in [0.5, 0.6) is 0 Å². The molecule has 0 aliphatic carbocycles. The number of benzene rings is 2. The molecule has 20 heavy (non-hydrogen) atoms. The highest BCUT2D eigenvalue weighted by molar-refractivity contribution is 5.69. The topological polar surface area (TPSA) is 67.2 Å². The van der Waals surface area contributed by atoms with E-state index in [0.29, 0.717) is 17.9 Å². The highest BCUT2D eigenvalue weighted by Gasteiger charge is 2.10. The van der Waals surface area contributed by atoms with E-state index in [1.807, 2.05) is 6.92 Å². The van der Waals surface area contributed by atoms with E-state index < -0.39 is 10.7 Å². The molecular weight excluding hydrogens is 261 g/mol. The van der Waals surface area contributed by atoms with Crippen molar-refractivity contribution in [2.24, 2.45) is 0 Å². The zero-order valence-electron chi connectivity index (χ0n) is 10.9. The van der Waals surface area contributed by atoms with Crippen LogP contribution in [0.25, 0.3) is 0 Å². The van der Waals surface area contributed by atoms with E-state index in [1.54, 1.807) is 24.3 Å². The summed E-state index contributed by atoms with van der Waals surface area (Å²) in [5.41, 5.74) is 1.29. The first kappa shape index (κ1) is 13.8. The standard InChI is InChI=1S/C14H14FN3O2/c1-2-16-10-7-11(9-12(8-10)18(19)20)17-14-6-4-3-5-13(14)15/h3-9,16-17H,2H2,1H3. The Bertz CT molecular complexity index is 632. The van der Waals surface area contributed by atoms with Crippen LogP contribution in [0.3, 0.4) is 0 Å². The molecule has 6 heteroatoms. The van der Waals surface area contributed by atoms with Crippen molar-refractivity contribution in [1.29, 1.82) is 0 Å². The minimum atomic E-state index is -0.479. The van der Waals surface area contributed by atoms with E-state index in [2.05, 4.69) is 10.6 Å². The first-order chi connectivity index (χ1) is 9.60. The van der Waals surface area contributed by atoms with Crippen molar-refractivity contribution in [3.8, 4) is 0 Å². The van der Waals surface area contributed by atoms with Crippen LogP contribution in [-0.4, -0.2) is 11.5 Å². The Morgan fingerprint density at radius 2 is 1.90 bits per heavy atom. The van der Waals surface area contributed by atoms with Crippen LogP contribution in [0, 0.1) is 15.9 Å². The summed E-state index contributed by atoms with van der Waals surface area (Å²) in [5, 5.41) is 16.8. The predicted molar refractivity (Wildman–Crippen MR) is 76.9 cm³/mol. The Morgan fingerprint density at radius 3 is 2.55 bits per heavy atom. The number of nitrogens with one attached hydrogen (secondary N) is 2. The van der Waals surface area contributed by atoms with Gasteiger partial charge < -0.3 is 10.6 Å². The van der Waals surface area contributed by atoms with Gasteiger partial charge in [0.25, 0.3) is 5.69 Å². The Morgan fingerprint density at radius 1 is 1.20 bits per heavy atom. The summed E-state index contributed by atoms with van der Waals surface area (Å²) in [7, 11) is 0. The van der Waals surface area contributed by atoms with Gasteiger partial charge in [-0.15, -0.1) is 0 Å². The molecule has 2 aromatic rings. The lowest BCUT2D eigenvalue weighted by molar-refractivity contribution is -0.384. The van der Waals surface area contributed by atoms with Gasteiger partial charge in [-0.25, -0.2) is 4.39 Å². The van der Waals surface area contributed by atoms with Gasteiger partial charge in [-0.2, -0.15) is 0 Å². The first-order valence-corrected chi connectivity index (χ1v) is 6.15. The average Bonchev–Trinajstić information content (AvgIpc) is 2.41. The summed E-state index contributed by atoms with van der Waals surface area (Å²) in [6.45, 7) is 2.53. The molecule has 0 aliphatic rings. The van der Waals surface area contributed by atoms with Crippen LogP contribution in [0.1, 0.15) is 6.92 Å². The number of rotatable bonds is 5. The third-order valence-electron chi connectivity index (χ3n) is 2.66. The van der Waals surface area contributed by atoms with Gasteiger partial charge in [0.2, 0.25) is 0 Å². The molecule has 0 amide bonds. The Labute approximate surface area is 115 Å². The van der Waals surface area contributed by atoms with Crippen molar-refractivity contribution in [1.82, 2.24) is 0 Å². The Kier molecular flexibility index (Phi) is 4.14. The fourth-order valence-electron chi connectivity index (χ4n) is 1.81. The molecule has 0 atom stereocenters. The molecule has 2 aromatic carbocycles. The molecule has 0 radical (unpaired) electrons. The van der Waals surface area contributed by atoms with Gasteiger partial charge in [0.1, 0.15) is 5.82 Å². The second kappa shape index (κ2) is 6.01. The van der Waals surface area contributed by atoms with Crippen molar-refractivity contribution in [3.63, 3.8) is 0 Å². The molecule has 0 aliphatic heterocycles. The molecular formula is C14H14FN3O2. The molecule has 0 spiro atoms. The maximum absolute atomic E-state index is 13.6. The lowest BCUT2D eigenvalue weighted by Crippen LogP contribution is -2.00. The minimum absolute atomic E-state index is 0.0534. The normalized spacial score (nSPS) is 10.1. The van der Waals surface area contributed by atoms with Gasteiger partial charge in [-0.1, -0.05) is 12.1 Å². The molecule has 104 valence electrons. The molecule has 0 saturated heterocycles. The SMILES string of the molecule is CCNc1cc(Nc2ccccc2F)cc([N+](=O)[O-])c1. The second-order valence-corrected chi connectivity index (χ2v) is 4.16. The highest BCUT2D eigenvalue weighted by atomic mass is 19.1. The Balaban J connectivity index is 2.35. The molecule has 0 heterocycles. The molecule has 0 saturated carbocycles. The van der Waals surface area contributed by atoms with E-state index in [0.717, 1.165) is 0 Å². The summed E-state index contributed by atoms with van der Waals surface area (Å²) in [6.07, 6.45) is 0. The van der Waals surface area contributed by atoms with E-state index >= 15 is 0 Å². The number of nitrogens with zero attached hydrogens (tertiary/aromatic N) is 1. The van der Waals surface area contributed by atoms with Crippen molar-refractivity contribution >= 4 is 22.7 Å².